The van der Waals surface area contributed by atoms with Crippen LogP contribution in [0.2, 0.25) is 0 Å². The molecule has 0 radical (unpaired) electrons. The highest BCUT2D eigenvalue weighted by Crippen LogP contribution is 2.25. The standard InChI is InChI=1S/C24H26FN5O5/c1-14-11-16(19(25)13-18(14)24(34)35)6-3-5-15-8-9-17(23(32)33)21(12-15)29-22(31)20(27-2)7-4-10-28-30-26/h4,7-13,23,26,32-33H,3,5-6H2,1-2H3,(H,29,31)(H,34,35)/b7-4-,27-20+,28-10+,30-26?. The van der Waals surface area contributed by atoms with Gasteiger partial charge in [-0.25, -0.2) is 9.18 Å². The van der Waals surface area contributed by atoms with Crippen LogP contribution < -0.4 is 5.32 Å². The summed E-state index contributed by atoms with van der Waals surface area (Å²) in [5.41, 5.74) is 8.45. The number of aromatic carboxylic acids is 1. The highest BCUT2D eigenvalue weighted by molar-refractivity contribution is 6.47. The summed E-state index contributed by atoms with van der Waals surface area (Å²) >= 11 is 0. The van der Waals surface area contributed by atoms with E-state index in [2.05, 4.69) is 20.6 Å². The van der Waals surface area contributed by atoms with Crippen molar-refractivity contribution in [1.29, 1.82) is 5.53 Å². The molecule has 0 spiro atoms. The Morgan fingerprint density at radius 3 is 2.57 bits per heavy atom. The lowest BCUT2D eigenvalue weighted by Gasteiger charge is -2.15. The van der Waals surface area contributed by atoms with Crippen molar-refractivity contribution < 1.29 is 29.3 Å². The predicted molar refractivity (Wildman–Crippen MR) is 129 cm³/mol. The molecule has 184 valence electrons. The minimum absolute atomic E-state index is 0.0286. The van der Waals surface area contributed by atoms with Crippen molar-refractivity contribution in [1.82, 2.24) is 0 Å². The van der Waals surface area contributed by atoms with E-state index in [1.165, 1.54) is 37.5 Å². The molecule has 2 aromatic rings. The molecule has 0 saturated heterocycles. The Labute approximate surface area is 201 Å². The number of anilines is 1. The first kappa shape index (κ1) is 27.2. The fourth-order valence-electron chi connectivity index (χ4n) is 3.38. The SMILES string of the molecule is C\N=C(/C=C\C=N\N=N)C(=O)Nc1cc(CCCc2cc(C)c(C(=O)O)cc2F)ccc1C(O)O. The van der Waals surface area contributed by atoms with Gasteiger partial charge in [0, 0.05) is 18.3 Å². The number of aliphatic hydroxyl groups is 2. The summed E-state index contributed by atoms with van der Waals surface area (Å²) in [5, 5.41) is 37.2. The summed E-state index contributed by atoms with van der Waals surface area (Å²) in [7, 11) is 1.41. The Morgan fingerprint density at radius 2 is 1.94 bits per heavy atom. The van der Waals surface area contributed by atoms with Gasteiger partial charge in [-0.2, -0.15) is 5.53 Å². The van der Waals surface area contributed by atoms with Crippen molar-refractivity contribution in [3.05, 3.63) is 76.1 Å². The van der Waals surface area contributed by atoms with E-state index in [1.54, 1.807) is 19.1 Å². The number of carboxylic acids is 1. The molecule has 0 saturated carbocycles. The van der Waals surface area contributed by atoms with E-state index in [0.29, 0.717) is 30.4 Å². The van der Waals surface area contributed by atoms with E-state index in [9.17, 15) is 24.2 Å². The number of aliphatic imine (C=N–C) groups is 1. The van der Waals surface area contributed by atoms with Crippen molar-refractivity contribution in [3.8, 4) is 0 Å². The lowest BCUT2D eigenvalue weighted by Crippen LogP contribution is -2.22. The molecule has 0 atom stereocenters. The number of carbonyl (C=O) groups is 2. The van der Waals surface area contributed by atoms with Crippen molar-refractivity contribution in [2.24, 2.45) is 15.3 Å². The first-order valence-electron chi connectivity index (χ1n) is 10.5. The van der Waals surface area contributed by atoms with Crippen LogP contribution in [0.5, 0.6) is 0 Å². The lowest BCUT2D eigenvalue weighted by molar-refractivity contribution is -0.110. The molecule has 10 nitrogen and oxygen atoms in total. The number of halogens is 1. The first-order valence-corrected chi connectivity index (χ1v) is 10.5. The number of benzene rings is 2. The van der Waals surface area contributed by atoms with Crippen LogP contribution in [0.1, 0.15) is 45.3 Å². The van der Waals surface area contributed by atoms with E-state index >= 15 is 0 Å². The number of aryl methyl sites for hydroxylation is 3. The summed E-state index contributed by atoms with van der Waals surface area (Å²) in [5.74, 6) is -2.37. The zero-order valence-corrected chi connectivity index (χ0v) is 19.2. The second kappa shape index (κ2) is 13.0. The van der Waals surface area contributed by atoms with Gasteiger partial charge in [0.15, 0.2) is 6.29 Å². The van der Waals surface area contributed by atoms with Crippen LogP contribution in [0.15, 0.2) is 57.8 Å². The third-order valence-electron chi connectivity index (χ3n) is 5.12. The first-order chi connectivity index (χ1) is 16.7. The highest BCUT2D eigenvalue weighted by atomic mass is 19.1. The summed E-state index contributed by atoms with van der Waals surface area (Å²) in [6.07, 6.45) is 3.49. The van der Waals surface area contributed by atoms with Gasteiger partial charge in [0.25, 0.3) is 5.91 Å². The summed E-state index contributed by atoms with van der Waals surface area (Å²) < 4.78 is 14.3. The largest absolute Gasteiger partial charge is 0.478 e. The Kier molecular flexibility index (Phi) is 10.1. The molecule has 0 aliphatic rings. The van der Waals surface area contributed by atoms with Gasteiger partial charge >= 0.3 is 5.97 Å². The Bertz CT molecular complexity index is 1190. The molecule has 2 aromatic carbocycles. The van der Waals surface area contributed by atoms with Gasteiger partial charge in [-0.05, 0) is 67.2 Å². The third kappa shape index (κ3) is 7.73. The van der Waals surface area contributed by atoms with Crippen LogP contribution >= 0.6 is 0 Å². The van der Waals surface area contributed by atoms with Crippen molar-refractivity contribution in [2.75, 3.05) is 12.4 Å². The molecular weight excluding hydrogens is 457 g/mol. The molecule has 2 rings (SSSR count). The number of rotatable bonds is 11. The minimum atomic E-state index is -1.83. The molecule has 0 bridgehead atoms. The van der Waals surface area contributed by atoms with E-state index in [1.807, 2.05) is 0 Å². The third-order valence-corrected chi connectivity index (χ3v) is 5.12. The van der Waals surface area contributed by atoms with Gasteiger partial charge in [-0.3, -0.25) is 9.79 Å². The number of nitrogens with zero attached hydrogens (tertiary/aromatic N) is 3. The predicted octanol–water partition coefficient (Wildman–Crippen LogP) is 3.57. The molecule has 0 heterocycles. The van der Waals surface area contributed by atoms with Crippen LogP contribution in [0, 0.1) is 18.3 Å². The van der Waals surface area contributed by atoms with Crippen LogP contribution in [0.4, 0.5) is 10.1 Å². The quantitative estimate of drug-likeness (QED) is 0.142. The number of allylic oxidation sites excluding steroid dienone is 1. The van der Waals surface area contributed by atoms with Gasteiger partial charge in [-0.15, -0.1) is 5.10 Å². The van der Waals surface area contributed by atoms with Crippen LogP contribution in [0.3, 0.4) is 0 Å². The number of carbonyl (C=O) groups excluding carboxylic acids is 1. The number of hydrogen-bond donors (Lipinski definition) is 5. The second-order valence-corrected chi connectivity index (χ2v) is 7.50. The molecule has 0 fully saturated rings. The zero-order valence-electron chi connectivity index (χ0n) is 19.2. The molecule has 11 heteroatoms. The van der Waals surface area contributed by atoms with Gasteiger partial charge in [0.05, 0.1) is 11.8 Å². The fraction of sp³-hybridized carbons (Fsp3) is 0.250. The molecule has 0 aromatic heterocycles. The van der Waals surface area contributed by atoms with Gasteiger partial charge < -0.3 is 20.6 Å². The molecule has 1 amide bonds. The highest BCUT2D eigenvalue weighted by Gasteiger charge is 2.16. The molecule has 35 heavy (non-hydrogen) atoms. The maximum Gasteiger partial charge on any atom is 0.336 e. The van der Waals surface area contributed by atoms with E-state index in [4.69, 9.17) is 10.6 Å². The lowest BCUT2D eigenvalue weighted by atomic mass is 9.98. The molecule has 0 aliphatic heterocycles. The minimum Gasteiger partial charge on any atom is -0.478 e. The topological polar surface area (TPSA) is 168 Å². The fourth-order valence-corrected chi connectivity index (χ4v) is 3.38. The van der Waals surface area contributed by atoms with E-state index in [0.717, 1.165) is 11.6 Å². The number of aliphatic hydroxyl groups excluding tert-OH is 1. The molecule has 0 unspecified atom stereocenters. The maximum absolute atomic E-state index is 14.3. The maximum atomic E-state index is 14.3. The summed E-state index contributed by atoms with van der Waals surface area (Å²) in [6.45, 7) is 1.61. The van der Waals surface area contributed by atoms with Crippen LogP contribution in [0.25, 0.3) is 0 Å². The smallest absolute Gasteiger partial charge is 0.336 e. The molecular formula is C24H26FN5O5. The Balaban J connectivity index is 2.15. The zero-order chi connectivity index (χ0) is 26.0. The van der Waals surface area contributed by atoms with E-state index < -0.39 is 24.0 Å². The number of carboxylic acid groups (broad SMARTS) is 1. The Morgan fingerprint density at radius 1 is 1.20 bits per heavy atom. The average molecular weight is 484 g/mol. The molecule has 5 N–H and O–H groups in total. The van der Waals surface area contributed by atoms with Crippen molar-refractivity contribution >= 4 is 29.5 Å². The van der Waals surface area contributed by atoms with Gasteiger partial charge in [0.2, 0.25) is 0 Å². The second-order valence-electron chi connectivity index (χ2n) is 7.50. The normalized spacial score (nSPS) is 12.0. The molecule has 0 aliphatic carbocycles. The van der Waals surface area contributed by atoms with E-state index in [-0.39, 0.29) is 22.5 Å². The van der Waals surface area contributed by atoms with Gasteiger partial charge in [0.1, 0.15) is 11.5 Å². The van der Waals surface area contributed by atoms with Crippen molar-refractivity contribution in [3.63, 3.8) is 0 Å². The summed E-state index contributed by atoms with van der Waals surface area (Å²) in [6, 6.07) is 7.29. The van der Waals surface area contributed by atoms with Crippen molar-refractivity contribution in [2.45, 2.75) is 32.5 Å². The van der Waals surface area contributed by atoms with Gasteiger partial charge in [-0.1, -0.05) is 23.4 Å². The number of hydrogen-bond acceptors (Lipinski definition) is 7. The number of nitrogens with one attached hydrogen (secondary N) is 2. The average Bonchev–Trinajstić information content (AvgIpc) is 2.80. The number of amides is 1. The van der Waals surface area contributed by atoms with Crippen LogP contribution in [-0.4, -0.2) is 46.2 Å². The van der Waals surface area contributed by atoms with Crippen LogP contribution in [-0.2, 0) is 17.6 Å². The monoisotopic (exact) mass is 483 g/mol. The Hall–Kier alpha value is -4.09. The summed E-state index contributed by atoms with van der Waals surface area (Å²) in [4.78, 5) is 27.6.